The van der Waals surface area contributed by atoms with Crippen LogP contribution in [0.3, 0.4) is 0 Å². The Morgan fingerprint density at radius 3 is 2.83 bits per heavy atom. The first kappa shape index (κ1) is 10.0. The molecule has 1 fully saturated rings. The number of likely N-dealkylation sites (tertiary alicyclic amines) is 1. The van der Waals surface area contributed by atoms with E-state index < -0.39 is 0 Å². The molecule has 72 valence electrons. The highest BCUT2D eigenvalue weighted by Crippen LogP contribution is 2.20. The summed E-state index contributed by atoms with van der Waals surface area (Å²) in [5, 5.41) is 0. The quantitative estimate of drug-likeness (QED) is 0.586. The molecule has 1 rings (SSSR count). The topological polar surface area (TPSA) is 9.23 Å². The summed E-state index contributed by atoms with van der Waals surface area (Å²) in [5.74, 6) is 0.903. The standard InChI is InChI=1S/C10H22NO/c1-10-5-4-6-11(2,9-10)7-8-12-3/h10H,4-9H2,1-3H3/q+1. The Morgan fingerprint density at radius 2 is 2.25 bits per heavy atom. The zero-order chi connectivity index (χ0) is 9.03. The lowest BCUT2D eigenvalue weighted by molar-refractivity contribution is -0.917. The Balaban J connectivity index is 2.35. The molecule has 0 aromatic rings. The molecule has 0 amide bonds. The first-order chi connectivity index (χ1) is 5.66. The van der Waals surface area contributed by atoms with E-state index in [1.807, 2.05) is 0 Å². The van der Waals surface area contributed by atoms with Crippen LogP contribution in [0.25, 0.3) is 0 Å². The number of methoxy groups -OCH3 is 1. The second-order valence-electron chi connectivity index (χ2n) is 4.49. The largest absolute Gasteiger partial charge is 0.379 e. The summed E-state index contributed by atoms with van der Waals surface area (Å²) in [6.45, 7) is 7.13. The number of likely N-dealkylation sites (N-methyl/N-ethyl adjacent to an activating group) is 1. The molecule has 0 bridgehead atoms. The first-order valence-electron chi connectivity index (χ1n) is 4.99. The molecule has 0 aromatic carbocycles. The van der Waals surface area contributed by atoms with Crippen LogP contribution in [0.15, 0.2) is 0 Å². The van der Waals surface area contributed by atoms with Crippen LogP contribution in [0.5, 0.6) is 0 Å². The predicted octanol–water partition coefficient (Wildman–Crippen LogP) is 1.51. The van der Waals surface area contributed by atoms with Gasteiger partial charge in [-0.1, -0.05) is 6.92 Å². The first-order valence-corrected chi connectivity index (χ1v) is 4.99. The molecule has 2 unspecified atom stereocenters. The lowest BCUT2D eigenvalue weighted by Gasteiger charge is -2.40. The minimum atomic E-state index is 0.903. The molecule has 0 aromatic heterocycles. The van der Waals surface area contributed by atoms with Crippen LogP contribution >= 0.6 is 0 Å². The summed E-state index contributed by atoms with van der Waals surface area (Å²) in [5.41, 5.74) is 0. The van der Waals surface area contributed by atoms with E-state index >= 15 is 0 Å². The lowest BCUT2D eigenvalue weighted by atomic mass is 9.98. The van der Waals surface area contributed by atoms with Gasteiger partial charge in [0.15, 0.2) is 0 Å². The van der Waals surface area contributed by atoms with Gasteiger partial charge in [-0.2, -0.15) is 0 Å². The van der Waals surface area contributed by atoms with Crippen LogP contribution in [-0.4, -0.2) is 44.9 Å². The summed E-state index contributed by atoms with van der Waals surface area (Å²) >= 11 is 0. The van der Waals surface area contributed by atoms with Crippen LogP contribution in [0.2, 0.25) is 0 Å². The second kappa shape index (κ2) is 4.24. The smallest absolute Gasteiger partial charge is 0.102 e. The van der Waals surface area contributed by atoms with Crippen LogP contribution in [-0.2, 0) is 4.74 Å². The molecule has 0 N–H and O–H groups in total. The number of piperidine rings is 1. The molecule has 0 saturated carbocycles. The van der Waals surface area contributed by atoms with Gasteiger partial charge in [-0.15, -0.1) is 0 Å². The molecule has 1 heterocycles. The summed E-state index contributed by atoms with van der Waals surface area (Å²) in [6.07, 6.45) is 2.81. The van der Waals surface area contributed by atoms with Crippen molar-refractivity contribution in [3.05, 3.63) is 0 Å². The van der Waals surface area contributed by atoms with Crippen molar-refractivity contribution in [1.82, 2.24) is 0 Å². The van der Waals surface area contributed by atoms with Crippen LogP contribution < -0.4 is 0 Å². The van der Waals surface area contributed by atoms with Gasteiger partial charge >= 0.3 is 0 Å². The van der Waals surface area contributed by atoms with Crippen molar-refractivity contribution in [3.63, 3.8) is 0 Å². The van der Waals surface area contributed by atoms with E-state index in [4.69, 9.17) is 4.74 Å². The fraction of sp³-hybridized carbons (Fsp3) is 1.00. The third-order valence-electron chi connectivity index (χ3n) is 2.98. The Hall–Kier alpha value is -0.0800. The van der Waals surface area contributed by atoms with Gasteiger partial charge in [0.1, 0.15) is 6.54 Å². The van der Waals surface area contributed by atoms with Gasteiger partial charge in [-0.05, 0) is 12.8 Å². The van der Waals surface area contributed by atoms with Gasteiger partial charge in [0.25, 0.3) is 0 Å². The van der Waals surface area contributed by atoms with Gasteiger partial charge in [0.05, 0.1) is 26.7 Å². The Labute approximate surface area is 76.1 Å². The third-order valence-corrected chi connectivity index (χ3v) is 2.98. The van der Waals surface area contributed by atoms with E-state index in [0.29, 0.717) is 0 Å². The maximum Gasteiger partial charge on any atom is 0.102 e. The van der Waals surface area contributed by atoms with Crippen molar-refractivity contribution in [1.29, 1.82) is 0 Å². The Bertz CT molecular complexity index is 138. The summed E-state index contributed by atoms with van der Waals surface area (Å²) in [7, 11) is 4.15. The fourth-order valence-electron chi connectivity index (χ4n) is 2.27. The summed E-state index contributed by atoms with van der Waals surface area (Å²) < 4.78 is 6.35. The molecule has 0 spiro atoms. The van der Waals surface area contributed by atoms with Crippen LogP contribution in [0.4, 0.5) is 0 Å². The number of nitrogens with zero attached hydrogens (tertiary/aromatic N) is 1. The molecule has 2 atom stereocenters. The molecule has 1 aliphatic rings. The van der Waals surface area contributed by atoms with Crippen molar-refractivity contribution in [2.24, 2.45) is 5.92 Å². The van der Waals surface area contributed by atoms with Crippen LogP contribution in [0, 0.1) is 5.92 Å². The lowest BCUT2D eigenvalue weighted by Crippen LogP contribution is -2.52. The van der Waals surface area contributed by atoms with Gasteiger partial charge in [-0.25, -0.2) is 0 Å². The molecule has 0 radical (unpaired) electrons. The number of rotatable bonds is 3. The minimum Gasteiger partial charge on any atom is -0.379 e. The highest BCUT2D eigenvalue weighted by Gasteiger charge is 2.28. The number of hydrogen-bond donors (Lipinski definition) is 0. The molecular weight excluding hydrogens is 150 g/mol. The molecule has 1 saturated heterocycles. The van der Waals surface area contributed by atoms with E-state index in [9.17, 15) is 0 Å². The summed E-state index contributed by atoms with van der Waals surface area (Å²) in [6, 6.07) is 0. The highest BCUT2D eigenvalue weighted by molar-refractivity contribution is 4.59. The average molecular weight is 172 g/mol. The van der Waals surface area contributed by atoms with E-state index in [0.717, 1.165) is 12.5 Å². The zero-order valence-corrected chi connectivity index (χ0v) is 8.68. The van der Waals surface area contributed by atoms with E-state index in [1.54, 1.807) is 7.11 Å². The Kier molecular flexibility index (Phi) is 3.53. The van der Waals surface area contributed by atoms with Gasteiger partial charge in [-0.3, -0.25) is 0 Å². The number of ether oxygens (including phenoxy) is 1. The van der Waals surface area contributed by atoms with Crippen molar-refractivity contribution in [2.75, 3.05) is 40.4 Å². The van der Waals surface area contributed by atoms with E-state index in [1.165, 1.54) is 37.0 Å². The minimum absolute atomic E-state index is 0.903. The van der Waals surface area contributed by atoms with Gasteiger partial charge < -0.3 is 9.22 Å². The number of hydrogen-bond acceptors (Lipinski definition) is 1. The molecule has 1 aliphatic heterocycles. The fourth-order valence-corrected chi connectivity index (χ4v) is 2.27. The molecule has 12 heavy (non-hydrogen) atoms. The van der Waals surface area contributed by atoms with Crippen molar-refractivity contribution in [2.45, 2.75) is 19.8 Å². The van der Waals surface area contributed by atoms with Gasteiger partial charge in [0.2, 0.25) is 0 Å². The molecule has 2 heteroatoms. The normalized spacial score (nSPS) is 36.8. The maximum atomic E-state index is 5.13. The summed E-state index contributed by atoms with van der Waals surface area (Å²) in [4.78, 5) is 0. The third kappa shape index (κ3) is 2.76. The monoisotopic (exact) mass is 172 g/mol. The molecule has 2 nitrogen and oxygen atoms in total. The van der Waals surface area contributed by atoms with Crippen molar-refractivity contribution < 1.29 is 9.22 Å². The molecule has 0 aliphatic carbocycles. The second-order valence-corrected chi connectivity index (χ2v) is 4.49. The average Bonchev–Trinajstić information content (AvgIpc) is 2.01. The van der Waals surface area contributed by atoms with Crippen LogP contribution in [0.1, 0.15) is 19.8 Å². The van der Waals surface area contributed by atoms with E-state index in [2.05, 4.69) is 14.0 Å². The highest BCUT2D eigenvalue weighted by atomic mass is 16.5. The van der Waals surface area contributed by atoms with Crippen molar-refractivity contribution >= 4 is 0 Å². The number of quaternary nitrogens is 1. The van der Waals surface area contributed by atoms with E-state index in [-0.39, 0.29) is 0 Å². The molecular formula is C10H22NO+. The SMILES string of the molecule is COCC[N+]1(C)CCCC(C)C1. The predicted molar refractivity (Wildman–Crippen MR) is 51.1 cm³/mol. The Morgan fingerprint density at radius 1 is 1.50 bits per heavy atom. The zero-order valence-electron chi connectivity index (χ0n) is 8.68. The van der Waals surface area contributed by atoms with Gasteiger partial charge in [0, 0.05) is 13.0 Å². The van der Waals surface area contributed by atoms with Crippen molar-refractivity contribution in [3.8, 4) is 0 Å². The maximum absolute atomic E-state index is 5.13.